The smallest absolute Gasteiger partial charge is 0.337 e. The van der Waals surface area contributed by atoms with Crippen molar-refractivity contribution >= 4 is 17.3 Å². The summed E-state index contributed by atoms with van der Waals surface area (Å²) in [4.78, 5) is 23.6. The molecule has 108 valence electrons. The van der Waals surface area contributed by atoms with E-state index in [2.05, 4.69) is 10.2 Å². The second-order valence-corrected chi connectivity index (χ2v) is 5.01. The van der Waals surface area contributed by atoms with Crippen molar-refractivity contribution in [2.45, 2.75) is 18.9 Å². The van der Waals surface area contributed by atoms with E-state index < -0.39 is 10.9 Å². The molecule has 0 spiro atoms. The molecule has 2 N–H and O–H groups in total. The molecule has 7 nitrogen and oxygen atoms in total. The molecular formula is C13H17N3O4. The van der Waals surface area contributed by atoms with Gasteiger partial charge in [0.2, 0.25) is 0 Å². The molecule has 20 heavy (non-hydrogen) atoms. The molecule has 0 aromatic heterocycles. The van der Waals surface area contributed by atoms with Crippen molar-refractivity contribution in [1.29, 1.82) is 0 Å². The standard InChI is InChI=1S/C13H17N3O4/c1-15-6-4-9(5-7-15)14-12-8-10(16(19)20)2-3-11(12)13(17)18/h2-3,8-9,14H,4-7H2,1H3,(H,17,18). The number of piperidine rings is 1. The summed E-state index contributed by atoms with van der Waals surface area (Å²) in [7, 11) is 2.03. The van der Waals surface area contributed by atoms with E-state index in [9.17, 15) is 14.9 Å². The van der Waals surface area contributed by atoms with Crippen LogP contribution in [0.15, 0.2) is 18.2 Å². The third-order valence-corrected chi connectivity index (χ3v) is 3.52. The molecule has 0 bridgehead atoms. The SMILES string of the molecule is CN1CCC(Nc2cc([N+](=O)[O-])ccc2C(=O)O)CC1. The fourth-order valence-electron chi connectivity index (χ4n) is 2.32. The van der Waals surface area contributed by atoms with E-state index in [0.717, 1.165) is 25.9 Å². The number of carbonyl (C=O) groups is 1. The molecular weight excluding hydrogens is 262 g/mol. The summed E-state index contributed by atoms with van der Waals surface area (Å²) in [5.74, 6) is -1.09. The van der Waals surface area contributed by atoms with E-state index in [-0.39, 0.29) is 17.3 Å². The number of rotatable bonds is 4. The van der Waals surface area contributed by atoms with E-state index in [1.165, 1.54) is 18.2 Å². The van der Waals surface area contributed by atoms with Gasteiger partial charge in [-0.25, -0.2) is 4.79 Å². The average Bonchev–Trinajstić information content (AvgIpc) is 2.41. The molecule has 2 rings (SSSR count). The van der Waals surface area contributed by atoms with E-state index in [4.69, 9.17) is 5.11 Å². The number of nitro benzene ring substituents is 1. The van der Waals surface area contributed by atoms with E-state index in [1.54, 1.807) is 0 Å². The highest BCUT2D eigenvalue weighted by atomic mass is 16.6. The van der Waals surface area contributed by atoms with Gasteiger partial charge in [-0.3, -0.25) is 10.1 Å². The maximum absolute atomic E-state index is 11.2. The maximum atomic E-state index is 11.2. The number of aromatic carboxylic acids is 1. The van der Waals surface area contributed by atoms with E-state index in [1.807, 2.05) is 7.05 Å². The van der Waals surface area contributed by atoms with Crippen LogP contribution in [-0.2, 0) is 0 Å². The van der Waals surface area contributed by atoms with Crippen molar-refractivity contribution in [3.05, 3.63) is 33.9 Å². The Bertz CT molecular complexity index is 524. The summed E-state index contributed by atoms with van der Waals surface area (Å²) >= 11 is 0. The fourth-order valence-corrected chi connectivity index (χ4v) is 2.32. The van der Waals surface area contributed by atoms with Gasteiger partial charge in [0.05, 0.1) is 16.2 Å². The first kappa shape index (κ1) is 14.3. The Hall–Kier alpha value is -2.15. The topological polar surface area (TPSA) is 95.7 Å². The van der Waals surface area contributed by atoms with Gasteiger partial charge in [0.15, 0.2) is 0 Å². The van der Waals surface area contributed by atoms with Gasteiger partial charge in [0, 0.05) is 18.2 Å². The molecule has 0 saturated carbocycles. The third-order valence-electron chi connectivity index (χ3n) is 3.52. The summed E-state index contributed by atoms with van der Waals surface area (Å²) in [5, 5.41) is 23.1. The number of hydrogen-bond donors (Lipinski definition) is 2. The van der Waals surface area contributed by atoms with Gasteiger partial charge in [-0.1, -0.05) is 0 Å². The average molecular weight is 279 g/mol. The quantitative estimate of drug-likeness (QED) is 0.644. The second kappa shape index (κ2) is 5.87. The number of non-ortho nitro benzene ring substituents is 1. The first-order valence-electron chi connectivity index (χ1n) is 6.44. The van der Waals surface area contributed by atoms with Crippen molar-refractivity contribution in [3.63, 3.8) is 0 Å². The molecule has 1 aromatic rings. The number of hydrogen-bond acceptors (Lipinski definition) is 5. The van der Waals surface area contributed by atoms with Crippen molar-refractivity contribution in [1.82, 2.24) is 4.90 Å². The lowest BCUT2D eigenvalue weighted by atomic mass is 10.0. The van der Waals surface area contributed by atoms with Crippen LogP contribution in [-0.4, -0.2) is 47.1 Å². The number of carboxylic acid groups (broad SMARTS) is 1. The first-order valence-corrected chi connectivity index (χ1v) is 6.44. The van der Waals surface area contributed by atoms with Crippen LogP contribution < -0.4 is 5.32 Å². The van der Waals surface area contributed by atoms with Crippen molar-refractivity contribution < 1.29 is 14.8 Å². The van der Waals surface area contributed by atoms with Gasteiger partial charge in [0.25, 0.3) is 5.69 Å². The summed E-state index contributed by atoms with van der Waals surface area (Å²) in [6.07, 6.45) is 1.77. The summed E-state index contributed by atoms with van der Waals surface area (Å²) < 4.78 is 0. The van der Waals surface area contributed by atoms with Crippen LogP contribution in [0, 0.1) is 10.1 Å². The van der Waals surface area contributed by atoms with Crippen LogP contribution in [0.2, 0.25) is 0 Å². The van der Waals surface area contributed by atoms with Crippen LogP contribution in [0.25, 0.3) is 0 Å². The van der Waals surface area contributed by atoms with Crippen molar-refractivity contribution in [2.75, 3.05) is 25.5 Å². The molecule has 1 aromatic carbocycles. The Kier molecular flexibility index (Phi) is 4.19. The first-order chi connectivity index (χ1) is 9.47. The Balaban J connectivity index is 2.21. The van der Waals surface area contributed by atoms with Gasteiger partial charge < -0.3 is 15.3 Å². The summed E-state index contributed by atoms with van der Waals surface area (Å²) in [6, 6.07) is 3.93. The lowest BCUT2D eigenvalue weighted by molar-refractivity contribution is -0.384. The number of nitrogens with zero attached hydrogens (tertiary/aromatic N) is 2. The fraction of sp³-hybridized carbons (Fsp3) is 0.462. The lowest BCUT2D eigenvalue weighted by Crippen LogP contribution is -2.37. The zero-order chi connectivity index (χ0) is 14.7. The number of nitrogens with one attached hydrogen (secondary N) is 1. The van der Waals surface area contributed by atoms with Gasteiger partial charge in [-0.2, -0.15) is 0 Å². The van der Waals surface area contributed by atoms with Gasteiger partial charge >= 0.3 is 5.97 Å². The molecule has 0 amide bonds. The molecule has 0 aliphatic carbocycles. The minimum Gasteiger partial charge on any atom is -0.478 e. The summed E-state index contributed by atoms with van der Waals surface area (Å²) in [5.41, 5.74) is 0.279. The lowest BCUT2D eigenvalue weighted by Gasteiger charge is -2.30. The largest absolute Gasteiger partial charge is 0.478 e. The Morgan fingerprint density at radius 2 is 2.10 bits per heavy atom. The monoisotopic (exact) mass is 279 g/mol. The van der Waals surface area contributed by atoms with Crippen molar-refractivity contribution in [3.8, 4) is 0 Å². The third kappa shape index (κ3) is 3.24. The highest BCUT2D eigenvalue weighted by Gasteiger charge is 2.21. The van der Waals surface area contributed by atoms with Gasteiger partial charge in [0.1, 0.15) is 0 Å². The molecule has 1 heterocycles. The molecule has 1 aliphatic heterocycles. The zero-order valence-electron chi connectivity index (χ0n) is 11.2. The Morgan fingerprint density at radius 3 is 2.65 bits per heavy atom. The molecule has 1 fully saturated rings. The predicted octanol–water partition coefficient (Wildman–Crippen LogP) is 1.80. The van der Waals surface area contributed by atoms with Crippen LogP contribution in [0.4, 0.5) is 11.4 Å². The van der Waals surface area contributed by atoms with Crippen molar-refractivity contribution in [2.24, 2.45) is 0 Å². The van der Waals surface area contributed by atoms with Gasteiger partial charge in [-0.15, -0.1) is 0 Å². The number of carboxylic acids is 1. The predicted molar refractivity (Wildman–Crippen MR) is 74.2 cm³/mol. The molecule has 0 unspecified atom stereocenters. The number of anilines is 1. The molecule has 1 aliphatic rings. The molecule has 0 atom stereocenters. The van der Waals surface area contributed by atoms with Crippen LogP contribution in [0.1, 0.15) is 23.2 Å². The molecule has 7 heteroatoms. The Labute approximate surface area is 116 Å². The minimum absolute atomic E-state index is 0.0644. The summed E-state index contributed by atoms with van der Waals surface area (Å²) in [6.45, 7) is 1.85. The highest BCUT2D eigenvalue weighted by Crippen LogP contribution is 2.25. The number of likely N-dealkylation sites (tertiary alicyclic amines) is 1. The highest BCUT2D eigenvalue weighted by molar-refractivity contribution is 5.94. The zero-order valence-corrected chi connectivity index (χ0v) is 11.2. The van der Waals surface area contributed by atoms with Crippen LogP contribution in [0.3, 0.4) is 0 Å². The van der Waals surface area contributed by atoms with Crippen LogP contribution in [0.5, 0.6) is 0 Å². The normalized spacial score (nSPS) is 16.9. The van der Waals surface area contributed by atoms with E-state index >= 15 is 0 Å². The second-order valence-electron chi connectivity index (χ2n) is 5.01. The maximum Gasteiger partial charge on any atom is 0.337 e. The number of nitro groups is 1. The molecule has 0 radical (unpaired) electrons. The molecule has 1 saturated heterocycles. The Morgan fingerprint density at radius 1 is 1.45 bits per heavy atom. The van der Waals surface area contributed by atoms with Gasteiger partial charge in [-0.05, 0) is 39.0 Å². The van der Waals surface area contributed by atoms with Crippen LogP contribution >= 0.6 is 0 Å². The van der Waals surface area contributed by atoms with E-state index in [0.29, 0.717) is 5.69 Å². The minimum atomic E-state index is -1.09. The number of benzene rings is 1.